The van der Waals surface area contributed by atoms with Gasteiger partial charge in [0.05, 0.1) is 13.2 Å². The summed E-state index contributed by atoms with van der Waals surface area (Å²) in [6.07, 6.45) is 1.90. The maximum atomic E-state index is 9.59. The highest BCUT2D eigenvalue weighted by Gasteiger charge is 2.25. The standard InChI is InChI=1S/C19H22N8OS/c1-14-12-16(24-6-9-28-10-7-24)22-18(21-14)26-4-2-25(3-5-26)17-15(13-20)27-8-11-29-19(27)23-17/h8,11-12H,2-7,9-10H2,1H3. The number of thiazole rings is 1. The summed E-state index contributed by atoms with van der Waals surface area (Å²) >= 11 is 1.55. The monoisotopic (exact) mass is 410 g/mol. The normalized spacial score (nSPS) is 17.7. The van der Waals surface area contributed by atoms with Gasteiger partial charge in [0.1, 0.15) is 11.9 Å². The van der Waals surface area contributed by atoms with Gasteiger partial charge in [-0.25, -0.2) is 4.98 Å². The molecule has 2 aliphatic heterocycles. The quantitative estimate of drug-likeness (QED) is 0.643. The van der Waals surface area contributed by atoms with Crippen LogP contribution in [0, 0.1) is 18.3 Å². The number of anilines is 3. The third kappa shape index (κ3) is 3.36. The van der Waals surface area contributed by atoms with Crippen molar-refractivity contribution < 1.29 is 4.74 Å². The summed E-state index contributed by atoms with van der Waals surface area (Å²) in [6, 6.07) is 4.35. The number of aryl methyl sites for hydroxylation is 1. The number of morpholine rings is 1. The molecule has 0 amide bonds. The lowest BCUT2D eigenvalue weighted by Gasteiger charge is -2.35. The molecule has 10 heteroatoms. The second-order valence-electron chi connectivity index (χ2n) is 7.19. The first-order valence-corrected chi connectivity index (χ1v) is 10.6. The molecule has 5 heterocycles. The summed E-state index contributed by atoms with van der Waals surface area (Å²) in [6.45, 7) is 8.36. The number of rotatable bonds is 3. The number of nitriles is 1. The van der Waals surface area contributed by atoms with Crippen LogP contribution in [0.15, 0.2) is 17.6 Å². The van der Waals surface area contributed by atoms with Gasteiger partial charge in [0.25, 0.3) is 0 Å². The molecule has 150 valence electrons. The Bertz CT molecular complexity index is 1060. The maximum Gasteiger partial charge on any atom is 0.227 e. The Hall–Kier alpha value is -2.90. The van der Waals surface area contributed by atoms with E-state index >= 15 is 0 Å². The molecule has 0 bridgehead atoms. The van der Waals surface area contributed by atoms with E-state index in [9.17, 15) is 5.26 Å². The molecular formula is C19H22N8OS. The second kappa shape index (κ2) is 7.50. The Morgan fingerprint density at radius 3 is 2.52 bits per heavy atom. The molecule has 0 radical (unpaired) electrons. The van der Waals surface area contributed by atoms with Crippen LogP contribution in [0.1, 0.15) is 11.4 Å². The third-order valence-corrected chi connectivity index (χ3v) is 6.13. The van der Waals surface area contributed by atoms with Crippen molar-refractivity contribution in [2.75, 3.05) is 67.2 Å². The molecule has 3 aromatic rings. The van der Waals surface area contributed by atoms with Crippen LogP contribution in [-0.4, -0.2) is 71.8 Å². The SMILES string of the molecule is Cc1cc(N2CCOCC2)nc(N2CCN(c3nc4sccn4c3C#N)CC2)n1. The van der Waals surface area contributed by atoms with Crippen molar-refractivity contribution in [2.45, 2.75) is 6.92 Å². The molecule has 2 saturated heterocycles. The second-order valence-corrected chi connectivity index (χ2v) is 8.07. The average Bonchev–Trinajstić information content (AvgIpc) is 3.35. The molecule has 0 N–H and O–H groups in total. The molecule has 9 nitrogen and oxygen atoms in total. The molecule has 0 aromatic carbocycles. The Kier molecular flexibility index (Phi) is 4.69. The molecule has 29 heavy (non-hydrogen) atoms. The molecule has 0 spiro atoms. The van der Waals surface area contributed by atoms with Crippen molar-refractivity contribution >= 4 is 33.9 Å². The number of fused-ring (bicyclic) bond motifs is 1. The molecule has 5 rings (SSSR count). The Labute approximate surface area is 172 Å². The first-order chi connectivity index (χ1) is 14.2. The van der Waals surface area contributed by atoms with E-state index in [1.54, 1.807) is 11.3 Å². The van der Waals surface area contributed by atoms with Crippen molar-refractivity contribution in [3.63, 3.8) is 0 Å². The van der Waals surface area contributed by atoms with Crippen LogP contribution in [0.4, 0.5) is 17.6 Å². The van der Waals surface area contributed by atoms with Crippen LogP contribution < -0.4 is 14.7 Å². The minimum atomic E-state index is 0.608. The van der Waals surface area contributed by atoms with E-state index in [0.717, 1.165) is 80.7 Å². The van der Waals surface area contributed by atoms with Crippen molar-refractivity contribution in [2.24, 2.45) is 0 Å². The first-order valence-electron chi connectivity index (χ1n) is 9.77. The van der Waals surface area contributed by atoms with Gasteiger partial charge in [-0.2, -0.15) is 15.2 Å². The van der Waals surface area contributed by atoms with Gasteiger partial charge in [0.15, 0.2) is 16.5 Å². The lowest BCUT2D eigenvalue weighted by Crippen LogP contribution is -2.47. The molecule has 2 aliphatic rings. The van der Waals surface area contributed by atoms with Crippen LogP contribution in [0.5, 0.6) is 0 Å². The van der Waals surface area contributed by atoms with Gasteiger partial charge in [-0.3, -0.25) is 4.40 Å². The van der Waals surface area contributed by atoms with Crippen LogP contribution in [-0.2, 0) is 4.74 Å². The number of hydrogen-bond acceptors (Lipinski definition) is 9. The summed E-state index contributed by atoms with van der Waals surface area (Å²) < 4.78 is 7.32. The lowest BCUT2D eigenvalue weighted by atomic mass is 10.3. The highest BCUT2D eigenvalue weighted by atomic mass is 32.1. The highest BCUT2D eigenvalue weighted by molar-refractivity contribution is 7.15. The number of piperazine rings is 1. The van der Waals surface area contributed by atoms with E-state index in [1.807, 2.05) is 29.0 Å². The van der Waals surface area contributed by atoms with Gasteiger partial charge in [0.2, 0.25) is 5.95 Å². The van der Waals surface area contributed by atoms with Crippen molar-refractivity contribution in [3.8, 4) is 6.07 Å². The first kappa shape index (κ1) is 18.1. The van der Waals surface area contributed by atoms with Gasteiger partial charge in [0, 0.05) is 62.6 Å². The van der Waals surface area contributed by atoms with Crippen molar-refractivity contribution in [3.05, 3.63) is 29.0 Å². The zero-order valence-electron chi connectivity index (χ0n) is 16.3. The van der Waals surface area contributed by atoms with E-state index in [1.165, 1.54) is 0 Å². The Balaban J connectivity index is 1.33. The van der Waals surface area contributed by atoms with E-state index in [-0.39, 0.29) is 0 Å². The molecule has 0 saturated carbocycles. The van der Waals surface area contributed by atoms with Crippen LogP contribution in [0.2, 0.25) is 0 Å². The number of aromatic nitrogens is 4. The van der Waals surface area contributed by atoms with Gasteiger partial charge in [-0.05, 0) is 6.92 Å². The largest absolute Gasteiger partial charge is 0.378 e. The van der Waals surface area contributed by atoms with Crippen LogP contribution in [0.25, 0.3) is 4.96 Å². The number of nitrogens with zero attached hydrogens (tertiary/aromatic N) is 8. The lowest BCUT2D eigenvalue weighted by molar-refractivity contribution is 0.122. The van der Waals surface area contributed by atoms with Crippen LogP contribution in [0.3, 0.4) is 0 Å². The summed E-state index contributed by atoms with van der Waals surface area (Å²) in [5.41, 5.74) is 1.58. The average molecular weight is 411 g/mol. The molecule has 2 fully saturated rings. The zero-order valence-corrected chi connectivity index (χ0v) is 17.1. The van der Waals surface area contributed by atoms with Crippen LogP contribution >= 0.6 is 11.3 Å². The van der Waals surface area contributed by atoms with Gasteiger partial charge < -0.3 is 19.4 Å². The Morgan fingerprint density at radius 1 is 1.00 bits per heavy atom. The predicted octanol–water partition coefficient (Wildman–Crippen LogP) is 1.53. The maximum absolute atomic E-state index is 9.59. The topological polar surface area (TPSA) is 85.8 Å². The van der Waals surface area contributed by atoms with E-state index in [2.05, 4.69) is 30.7 Å². The molecular weight excluding hydrogens is 388 g/mol. The van der Waals surface area contributed by atoms with E-state index in [4.69, 9.17) is 9.72 Å². The summed E-state index contributed by atoms with van der Waals surface area (Å²) in [4.78, 5) is 21.7. The van der Waals surface area contributed by atoms with Gasteiger partial charge in [-0.15, -0.1) is 11.3 Å². The third-order valence-electron chi connectivity index (χ3n) is 5.38. The minimum Gasteiger partial charge on any atom is -0.378 e. The zero-order chi connectivity index (χ0) is 19.8. The molecule has 0 atom stereocenters. The summed E-state index contributed by atoms with van der Waals surface area (Å²) in [5.74, 6) is 2.52. The fraction of sp³-hybridized carbons (Fsp3) is 0.474. The number of hydrogen-bond donors (Lipinski definition) is 0. The van der Waals surface area contributed by atoms with Crippen molar-refractivity contribution in [1.29, 1.82) is 5.26 Å². The summed E-state index contributed by atoms with van der Waals surface area (Å²) in [5, 5.41) is 11.5. The molecule has 0 aliphatic carbocycles. The highest BCUT2D eigenvalue weighted by Crippen LogP contribution is 2.26. The summed E-state index contributed by atoms with van der Waals surface area (Å²) in [7, 11) is 0. The number of imidazole rings is 1. The molecule has 0 unspecified atom stereocenters. The van der Waals surface area contributed by atoms with E-state index < -0.39 is 0 Å². The van der Waals surface area contributed by atoms with Gasteiger partial charge >= 0.3 is 0 Å². The van der Waals surface area contributed by atoms with Crippen molar-refractivity contribution in [1.82, 2.24) is 19.4 Å². The Morgan fingerprint density at radius 2 is 1.76 bits per heavy atom. The fourth-order valence-electron chi connectivity index (χ4n) is 3.85. The molecule has 3 aromatic heterocycles. The smallest absolute Gasteiger partial charge is 0.227 e. The minimum absolute atomic E-state index is 0.608. The fourth-order valence-corrected chi connectivity index (χ4v) is 4.56. The van der Waals surface area contributed by atoms with E-state index in [0.29, 0.717) is 5.69 Å². The predicted molar refractivity (Wildman–Crippen MR) is 112 cm³/mol. The number of ether oxygens (including phenoxy) is 1. The van der Waals surface area contributed by atoms with Gasteiger partial charge in [-0.1, -0.05) is 0 Å².